The fourth-order valence-electron chi connectivity index (χ4n) is 2.02. The number of amides is 1. The van der Waals surface area contributed by atoms with Crippen molar-refractivity contribution in [3.05, 3.63) is 35.9 Å². The van der Waals surface area contributed by atoms with Gasteiger partial charge in [0, 0.05) is 18.3 Å². The highest BCUT2D eigenvalue weighted by atomic mass is 16.5. The van der Waals surface area contributed by atoms with Gasteiger partial charge in [0.05, 0.1) is 25.9 Å². The van der Waals surface area contributed by atoms with Crippen molar-refractivity contribution >= 4 is 17.7 Å². The van der Waals surface area contributed by atoms with Crippen LogP contribution in [0, 0.1) is 0 Å². The zero-order valence-electron chi connectivity index (χ0n) is 10.7. The van der Waals surface area contributed by atoms with E-state index in [9.17, 15) is 9.90 Å². The number of nitrogens with two attached hydrogens (primary N) is 1. The summed E-state index contributed by atoms with van der Waals surface area (Å²) >= 11 is 0. The van der Waals surface area contributed by atoms with Crippen molar-refractivity contribution in [2.75, 3.05) is 32.1 Å². The molecular weight excluding hydrogens is 244 g/mol. The highest BCUT2D eigenvalue weighted by Gasteiger charge is 2.24. The van der Waals surface area contributed by atoms with Gasteiger partial charge in [0.25, 0.3) is 0 Å². The number of nitrogen functional groups attached to an aromatic ring is 1. The number of morpholine rings is 1. The smallest absolute Gasteiger partial charge is 0.247 e. The fraction of sp³-hybridized carbons (Fsp3) is 0.357. The molecule has 5 nitrogen and oxygen atoms in total. The average Bonchev–Trinajstić information content (AvgIpc) is 2.45. The fourth-order valence-corrected chi connectivity index (χ4v) is 2.02. The third-order valence-corrected chi connectivity index (χ3v) is 3.05. The molecule has 0 radical (unpaired) electrons. The Morgan fingerprint density at radius 2 is 2.42 bits per heavy atom. The number of ether oxygens (including phenoxy) is 1. The highest BCUT2D eigenvalue weighted by molar-refractivity contribution is 5.92. The Hall–Kier alpha value is -1.85. The van der Waals surface area contributed by atoms with Gasteiger partial charge < -0.3 is 20.5 Å². The molecule has 102 valence electrons. The van der Waals surface area contributed by atoms with Crippen molar-refractivity contribution in [2.24, 2.45) is 0 Å². The van der Waals surface area contributed by atoms with Gasteiger partial charge >= 0.3 is 0 Å². The molecule has 0 saturated carbocycles. The number of hydrogen-bond donors (Lipinski definition) is 2. The summed E-state index contributed by atoms with van der Waals surface area (Å²) in [5, 5.41) is 9.22. The van der Waals surface area contributed by atoms with Crippen LogP contribution in [0.5, 0.6) is 0 Å². The summed E-state index contributed by atoms with van der Waals surface area (Å²) in [4.78, 5) is 13.7. The van der Waals surface area contributed by atoms with E-state index < -0.39 is 0 Å². The molecule has 1 aromatic carbocycles. The SMILES string of the molecule is Nc1cccc(/C=C/C(=O)N2CCOCC2CO)c1. The molecule has 3 N–H and O–H groups in total. The first-order valence-corrected chi connectivity index (χ1v) is 6.23. The minimum Gasteiger partial charge on any atom is -0.399 e. The van der Waals surface area contributed by atoms with Crippen molar-refractivity contribution in [3.8, 4) is 0 Å². The molecule has 1 aliphatic rings. The molecule has 0 aromatic heterocycles. The van der Waals surface area contributed by atoms with E-state index in [2.05, 4.69) is 0 Å². The Labute approximate surface area is 112 Å². The summed E-state index contributed by atoms with van der Waals surface area (Å²) < 4.78 is 5.24. The first-order valence-electron chi connectivity index (χ1n) is 6.23. The molecule has 1 fully saturated rings. The third-order valence-electron chi connectivity index (χ3n) is 3.05. The number of hydrogen-bond acceptors (Lipinski definition) is 4. The second-order valence-corrected chi connectivity index (χ2v) is 4.45. The Balaban J connectivity index is 2.03. The van der Waals surface area contributed by atoms with Gasteiger partial charge in [-0.15, -0.1) is 0 Å². The summed E-state index contributed by atoms with van der Waals surface area (Å²) in [5.41, 5.74) is 7.21. The van der Waals surface area contributed by atoms with E-state index in [1.807, 2.05) is 12.1 Å². The third kappa shape index (κ3) is 3.56. The van der Waals surface area contributed by atoms with Crippen molar-refractivity contribution < 1.29 is 14.6 Å². The van der Waals surface area contributed by atoms with Gasteiger partial charge in [-0.25, -0.2) is 0 Å². The van der Waals surface area contributed by atoms with Crippen LogP contribution < -0.4 is 5.73 Å². The van der Waals surface area contributed by atoms with Crippen LogP contribution in [0.2, 0.25) is 0 Å². The van der Waals surface area contributed by atoms with Crippen molar-refractivity contribution in [2.45, 2.75) is 6.04 Å². The topological polar surface area (TPSA) is 75.8 Å². The zero-order valence-corrected chi connectivity index (χ0v) is 10.7. The Morgan fingerprint density at radius 1 is 1.58 bits per heavy atom. The van der Waals surface area contributed by atoms with Crippen LogP contribution in [0.4, 0.5) is 5.69 Å². The molecule has 1 saturated heterocycles. The Morgan fingerprint density at radius 3 is 3.16 bits per heavy atom. The van der Waals surface area contributed by atoms with E-state index >= 15 is 0 Å². The second kappa shape index (κ2) is 6.36. The van der Waals surface area contributed by atoms with E-state index in [1.165, 1.54) is 6.08 Å². The van der Waals surface area contributed by atoms with Gasteiger partial charge in [-0.1, -0.05) is 12.1 Å². The molecule has 1 unspecified atom stereocenters. The van der Waals surface area contributed by atoms with Crippen LogP contribution in [0.25, 0.3) is 6.08 Å². The number of nitrogens with zero attached hydrogens (tertiary/aromatic N) is 1. The predicted molar refractivity (Wildman–Crippen MR) is 73.3 cm³/mol. The van der Waals surface area contributed by atoms with E-state index in [-0.39, 0.29) is 18.6 Å². The molecule has 0 aliphatic carbocycles. The van der Waals surface area contributed by atoms with Crippen molar-refractivity contribution in [3.63, 3.8) is 0 Å². The predicted octanol–water partition coefficient (Wildman–Crippen LogP) is 0.502. The quantitative estimate of drug-likeness (QED) is 0.614. The zero-order chi connectivity index (χ0) is 13.7. The number of carbonyl (C=O) groups excluding carboxylic acids is 1. The lowest BCUT2D eigenvalue weighted by molar-refractivity contribution is -0.136. The molecule has 19 heavy (non-hydrogen) atoms. The van der Waals surface area contributed by atoms with Crippen LogP contribution >= 0.6 is 0 Å². The van der Waals surface area contributed by atoms with E-state index in [4.69, 9.17) is 10.5 Å². The summed E-state index contributed by atoms with van der Waals surface area (Å²) in [5.74, 6) is -0.121. The molecule has 1 aliphatic heterocycles. The van der Waals surface area contributed by atoms with Crippen LogP contribution in [0.15, 0.2) is 30.3 Å². The van der Waals surface area contributed by atoms with Crippen LogP contribution in [0.3, 0.4) is 0 Å². The number of aliphatic hydroxyl groups is 1. The van der Waals surface area contributed by atoms with Gasteiger partial charge in [0.15, 0.2) is 0 Å². The van der Waals surface area contributed by atoms with E-state index in [1.54, 1.807) is 23.1 Å². The van der Waals surface area contributed by atoms with Crippen LogP contribution in [-0.4, -0.2) is 48.3 Å². The Bertz CT molecular complexity index is 474. The Kier molecular flexibility index (Phi) is 4.54. The first kappa shape index (κ1) is 13.6. The normalized spacial score (nSPS) is 19.8. The largest absolute Gasteiger partial charge is 0.399 e. The molecule has 1 amide bonds. The van der Waals surface area contributed by atoms with Crippen LogP contribution in [0.1, 0.15) is 5.56 Å². The lowest BCUT2D eigenvalue weighted by Crippen LogP contribution is -2.49. The molecule has 1 heterocycles. The van der Waals surface area contributed by atoms with Gasteiger partial charge in [-0.2, -0.15) is 0 Å². The average molecular weight is 262 g/mol. The number of benzene rings is 1. The second-order valence-electron chi connectivity index (χ2n) is 4.45. The van der Waals surface area contributed by atoms with Gasteiger partial charge in [-0.3, -0.25) is 4.79 Å². The minimum atomic E-state index is -0.258. The molecule has 0 bridgehead atoms. The molecule has 0 spiro atoms. The van der Waals surface area contributed by atoms with E-state index in [0.717, 1.165) is 5.56 Å². The maximum Gasteiger partial charge on any atom is 0.247 e. The minimum absolute atomic E-state index is 0.0855. The van der Waals surface area contributed by atoms with E-state index in [0.29, 0.717) is 25.4 Å². The highest BCUT2D eigenvalue weighted by Crippen LogP contribution is 2.11. The molecule has 1 aromatic rings. The molecule has 1 atom stereocenters. The summed E-state index contributed by atoms with van der Waals surface area (Å²) in [6.07, 6.45) is 3.23. The number of aliphatic hydroxyl groups excluding tert-OH is 1. The summed E-state index contributed by atoms with van der Waals surface area (Å²) in [7, 11) is 0. The van der Waals surface area contributed by atoms with Gasteiger partial charge in [0.1, 0.15) is 0 Å². The van der Waals surface area contributed by atoms with Crippen molar-refractivity contribution in [1.29, 1.82) is 0 Å². The maximum atomic E-state index is 12.1. The van der Waals surface area contributed by atoms with Crippen LogP contribution in [-0.2, 0) is 9.53 Å². The molecular formula is C14H18N2O3. The molecule has 2 rings (SSSR count). The first-order chi connectivity index (χ1) is 9.20. The molecule has 5 heteroatoms. The number of carbonyl (C=O) groups is 1. The lowest BCUT2D eigenvalue weighted by Gasteiger charge is -2.33. The summed E-state index contributed by atoms with van der Waals surface area (Å²) in [6.45, 7) is 1.31. The number of anilines is 1. The number of rotatable bonds is 3. The monoisotopic (exact) mass is 262 g/mol. The lowest BCUT2D eigenvalue weighted by atomic mass is 10.1. The summed E-state index contributed by atoms with van der Waals surface area (Å²) in [6, 6.07) is 7.05. The van der Waals surface area contributed by atoms with Gasteiger partial charge in [-0.05, 0) is 23.8 Å². The maximum absolute atomic E-state index is 12.1. The van der Waals surface area contributed by atoms with Gasteiger partial charge in [0.2, 0.25) is 5.91 Å². The van der Waals surface area contributed by atoms with Crippen molar-refractivity contribution in [1.82, 2.24) is 4.90 Å². The standard InChI is InChI=1S/C14H18N2O3/c15-12-3-1-2-11(8-12)4-5-14(18)16-6-7-19-10-13(16)9-17/h1-5,8,13,17H,6-7,9-10,15H2/b5-4+.